The first kappa shape index (κ1) is 17.5. The van der Waals surface area contributed by atoms with Crippen LogP contribution in [0.15, 0.2) is 47.1 Å². The number of amides is 1. The van der Waals surface area contributed by atoms with Crippen LogP contribution in [0.2, 0.25) is 0 Å². The fraction of sp³-hybridized carbons (Fsp3) is 0.350. The van der Waals surface area contributed by atoms with Gasteiger partial charge in [-0.25, -0.2) is 4.68 Å². The van der Waals surface area contributed by atoms with Gasteiger partial charge in [-0.05, 0) is 64.2 Å². The minimum absolute atomic E-state index is 0.154. The number of carbonyl (C=O) groups excluding carboxylic acids is 1. The van der Waals surface area contributed by atoms with Gasteiger partial charge in [0, 0.05) is 6.04 Å². The minimum Gasteiger partial charge on any atom is -0.461 e. The van der Waals surface area contributed by atoms with Crippen molar-refractivity contribution < 1.29 is 9.21 Å². The van der Waals surface area contributed by atoms with E-state index >= 15 is 0 Å². The van der Waals surface area contributed by atoms with Crippen LogP contribution in [0.4, 0.5) is 0 Å². The number of carbonyl (C=O) groups is 1. The van der Waals surface area contributed by atoms with Crippen LogP contribution in [-0.2, 0) is 0 Å². The third kappa shape index (κ3) is 3.78. The molecule has 0 bridgehead atoms. The number of hydrogen-bond acceptors (Lipinski definition) is 5. The van der Waals surface area contributed by atoms with Gasteiger partial charge in [0.1, 0.15) is 0 Å². The molecule has 7 nitrogen and oxygen atoms in total. The first-order valence-electron chi connectivity index (χ1n) is 9.17. The second kappa shape index (κ2) is 7.36. The lowest BCUT2D eigenvalue weighted by Crippen LogP contribution is -2.43. The van der Waals surface area contributed by atoms with Crippen molar-refractivity contribution in [3.05, 3.63) is 54.0 Å². The number of rotatable bonds is 4. The lowest BCUT2D eigenvalue weighted by molar-refractivity contribution is 0.0906. The van der Waals surface area contributed by atoms with Gasteiger partial charge in [0.25, 0.3) is 5.91 Å². The van der Waals surface area contributed by atoms with Gasteiger partial charge >= 0.3 is 0 Å². The van der Waals surface area contributed by atoms with E-state index < -0.39 is 0 Å². The van der Waals surface area contributed by atoms with E-state index in [4.69, 9.17) is 4.42 Å². The summed E-state index contributed by atoms with van der Waals surface area (Å²) in [4.78, 5) is 19.5. The molecule has 0 radical (unpaired) electrons. The fourth-order valence-corrected chi connectivity index (χ4v) is 3.24. The fourth-order valence-electron chi connectivity index (χ4n) is 3.24. The van der Waals surface area contributed by atoms with Crippen LogP contribution in [0.25, 0.3) is 17.3 Å². The van der Waals surface area contributed by atoms with Crippen molar-refractivity contribution in [1.82, 2.24) is 25.0 Å². The molecule has 0 saturated carbocycles. The normalized spacial score (nSPS) is 15.8. The van der Waals surface area contributed by atoms with Gasteiger partial charge in [0.2, 0.25) is 5.82 Å². The molecule has 1 N–H and O–H groups in total. The number of nitrogens with zero attached hydrogens (tertiary/aromatic N) is 4. The highest BCUT2D eigenvalue weighted by molar-refractivity contribution is 5.91. The molecule has 140 valence electrons. The lowest BCUT2D eigenvalue weighted by atomic mass is 10.1. The standard InChI is InChI=1S/C20H23N5O2/c1-14-5-7-16(8-6-14)25-19(17-4-3-13-27-17)22-18(23-25)20(26)21-15-9-11-24(2)12-10-15/h3-8,13,15H,9-12H2,1-2H3,(H,21,26). The van der Waals surface area contributed by atoms with Crippen LogP contribution in [0.5, 0.6) is 0 Å². The van der Waals surface area contributed by atoms with Gasteiger partial charge in [0.05, 0.1) is 12.0 Å². The van der Waals surface area contributed by atoms with E-state index in [9.17, 15) is 4.79 Å². The Balaban J connectivity index is 1.63. The Hall–Kier alpha value is -2.93. The summed E-state index contributed by atoms with van der Waals surface area (Å²) in [5, 5.41) is 7.54. The number of nitrogens with one attached hydrogen (secondary N) is 1. The van der Waals surface area contributed by atoms with E-state index in [0.29, 0.717) is 11.6 Å². The summed E-state index contributed by atoms with van der Waals surface area (Å²) in [7, 11) is 2.10. The number of aromatic nitrogens is 3. The summed E-state index contributed by atoms with van der Waals surface area (Å²) in [6, 6.07) is 11.7. The quantitative estimate of drug-likeness (QED) is 0.769. The van der Waals surface area contributed by atoms with E-state index in [1.807, 2.05) is 37.3 Å². The van der Waals surface area contributed by atoms with Crippen LogP contribution < -0.4 is 5.32 Å². The van der Waals surface area contributed by atoms with Crippen molar-refractivity contribution >= 4 is 5.91 Å². The van der Waals surface area contributed by atoms with Gasteiger partial charge in [-0.2, -0.15) is 4.98 Å². The zero-order valence-corrected chi connectivity index (χ0v) is 15.6. The predicted octanol–water partition coefficient (Wildman–Crippen LogP) is 2.66. The summed E-state index contributed by atoms with van der Waals surface area (Å²) >= 11 is 0. The molecule has 1 aliphatic heterocycles. The number of hydrogen-bond donors (Lipinski definition) is 1. The number of likely N-dealkylation sites (tertiary alicyclic amines) is 1. The molecule has 0 unspecified atom stereocenters. The maximum absolute atomic E-state index is 12.7. The molecule has 2 aromatic heterocycles. The highest BCUT2D eigenvalue weighted by atomic mass is 16.3. The number of benzene rings is 1. The Labute approximate surface area is 158 Å². The highest BCUT2D eigenvalue weighted by Crippen LogP contribution is 2.22. The average molecular weight is 365 g/mol. The van der Waals surface area contributed by atoms with E-state index in [1.165, 1.54) is 0 Å². The molecule has 1 saturated heterocycles. The Bertz CT molecular complexity index is 907. The molecule has 1 amide bonds. The molecule has 3 aromatic rings. The molecule has 4 rings (SSSR count). The summed E-state index contributed by atoms with van der Waals surface area (Å²) < 4.78 is 7.15. The smallest absolute Gasteiger partial charge is 0.291 e. The van der Waals surface area contributed by atoms with E-state index in [2.05, 4.69) is 27.3 Å². The zero-order valence-electron chi connectivity index (χ0n) is 15.6. The van der Waals surface area contributed by atoms with Gasteiger partial charge in [-0.3, -0.25) is 4.79 Å². The summed E-state index contributed by atoms with van der Waals surface area (Å²) in [5.74, 6) is 0.989. The largest absolute Gasteiger partial charge is 0.461 e. The number of aryl methyl sites for hydroxylation is 1. The molecule has 0 spiro atoms. The lowest BCUT2D eigenvalue weighted by Gasteiger charge is -2.29. The van der Waals surface area contributed by atoms with Crippen LogP contribution in [0.1, 0.15) is 29.0 Å². The van der Waals surface area contributed by atoms with Gasteiger partial charge < -0.3 is 14.6 Å². The summed E-state index contributed by atoms with van der Waals surface area (Å²) in [5.41, 5.74) is 1.98. The topological polar surface area (TPSA) is 76.2 Å². The Morgan fingerprint density at radius 2 is 1.93 bits per heavy atom. The predicted molar refractivity (Wildman–Crippen MR) is 102 cm³/mol. The van der Waals surface area contributed by atoms with Gasteiger partial charge in [-0.1, -0.05) is 17.7 Å². The first-order chi connectivity index (χ1) is 13.1. The second-order valence-electron chi connectivity index (χ2n) is 7.03. The molecule has 1 aliphatic rings. The SMILES string of the molecule is Cc1ccc(-n2nc(C(=O)NC3CCN(C)CC3)nc2-c2ccco2)cc1. The van der Waals surface area contributed by atoms with Gasteiger partial charge in [-0.15, -0.1) is 5.10 Å². The van der Waals surface area contributed by atoms with Crippen molar-refractivity contribution in [3.8, 4) is 17.3 Å². The second-order valence-corrected chi connectivity index (χ2v) is 7.03. The van der Waals surface area contributed by atoms with Crippen molar-refractivity contribution in [3.63, 3.8) is 0 Å². The molecule has 1 fully saturated rings. The highest BCUT2D eigenvalue weighted by Gasteiger charge is 2.24. The Morgan fingerprint density at radius 1 is 1.19 bits per heavy atom. The van der Waals surface area contributed by atoms with Crippen molar-refractivity contribution in [2.24, 2.45) is 0 Å². The van der Waals surface area contributed by atoms with Crippen molar-refractivity contribution in [2.45, 2.75) is 25.8 Å². The van der Waals surface area contributed by atoms with E-state index in [-0.39, 0.29) is 17.8 Å². The van der Waals surface area contributed by atoms with Crippen LogP contribution in [-0.4, -0.2) is 51.8 Å². The summed E-state index contributed by atoms with van der Waals surface area (Å²) in [6.07, 6.45) is 3.46. The van der Waals surface area contributed by atoms with Crippen LogP contribution >= 0.6 is 0 Å². The Morgan fingerprint density at radius 3 is 2.59 bits per heavy atom. The van der Waals surface area contributed by atoms with Gasteiger partial charge in [0.15, 0.2) is 11.6 Å². The molecular formula is C20H23N5O2. The van der Waals surface area contributed by atoms with Crippen LogP contribution in [0, 0.1) is 6.92 Å². The average Bonchev–Trinajstić information content (AvgIpc) is 3.33. The number of furan rings is 1. The maximum Gasteiger partial charge on any atom is 0.291 e. The Kier molecular flexibility index (Phi) is 4.77. The maximum atomic E-state index is 12.7. The molecule has 3 heterocycles. The molecular weight excluding hydrogens is 342 g/mol. The van der Waals surface area contributed by atoms with Crippen LogP contribution in [0.3, 0.4) is 0 Å². The third-order valence-corrected chi connectivity index (χ3v) is 4.88. The number of piperidine rings is 1. The van der Waals surface area contributed by atoms with E-state index in [0.717, 1.165) is 37.2 Å². The molecule has 0 aliphatic carbocycles. The molecule has 0 atom stereocenters. The zero-order chi connectivity index (χ0) is 18.8. The third-order valence-electron chi connectivity index (χ3n) is 4.88. The first-order valence-corrected chi connectivity index (χ1v) is 9.17. The molecule has 7 heteroatoms. The van der Waals surface area contributed by atoms with Crippen molar-refractivity contribution in [1.29, 1.82) is 0 Å². The summed E-state index contributed by atoms with van der Waals surface area (Å²) in [6.45, 7) is 3.99. The van der Waals surface area contributed by atoms with E-state index in [1.54, 1.807) is 17.0 Å². The molecule has 1 aromatic carbocycles. The molecule has 27 heavy (non-hydrogen) atoms. The minimum atomic E-state index is -0.247. The monoisotopic (exact) mass is 365 g/mol. The van der Waals surface area contributed by atoms with Crippen molar-refractivity contribution in [2.75, 3.05) is 20.1 Å².